The summed E-state index contributed by atoms with van der Waals surface area (Å²) in [6.07, 6.45) is -7.06. The molecule has 0 spiro atoms. The van der Waals surface area contributed by atoms with E-state index in [4.69, 9.17) is 23.7 Å². The Bertz CT molecular complexity index is 1040. The second-order valence-corrected chi connectivity index (χ2v) is 7.61. The van der Waals surface area contributed by atoms with Crippen LogP contribution in [0.15, 0.2) is 24.3 Å². The minimum Gasteiger partial charge on any atom is -0.463 e. The van der Waals surface area contributed by atoms with Crippen LogP contribution in [-0.2, 0) is 47.7 Å². The average Bonchev–Trinajstić information content (AvgIpc) is 2.99. The molecule has 1 amide bonds. The van der Waals surface area contributed by atoms with E-state index in [1.54, 1.807) is 12.1 Å². The predicted octanol–water partition coefficient (Wildman–Crippen LogP) is 0.299. The summed E-state index contributed by atoms with van der Waals surface area (Å²) in [5.41, 5.74) is 0.277. The van der Waals surface area contributed by atoms with Crippen molar-refractivity contribution in [2.24, 2.45) is 0 Å². The minimum atomic E-state index is -1.50. The van der Waals surface area contributed by atoms with Crippen LogP contribution in [0.4, 0.5) is 5.69 Å². The third-order valence-electron chi connectivity index (χ3n) is 5.04. The van der Waals surface area contributed by atoms with Gasteiger partial charge in [0.15, 0.2) is 24.5 Å². The molecule has 0 saturated carbocycles. The molecule has 0 bridgehead atoms. The lowest BCUT2D eigenvalue weighted by atomic mass is 9.96. The molecule has 2 aliphatic heterocycles. The van der Waals surface area contributed by atoms with Gasteiger partial charge >= 0.3 is 29.8 Å². The molecule has 0 radical (unpaired) electrons. The highest BCUT2D eigenvalue weighted by molar-refractivity contribution is 6.52. The summed E-state index contributed by atoms with van der Waals surface area (Å²) in [5, 5.41) is 0. The number of hydrogen-bond donors (Lipinski definition) is 0. The van der Waals surface area contributed by atoms with Crippen molar-refractivity contribution in [1.29, 1.82) is 0 Å². The van der Waals surface area contributed by atoms with Crippen LogP contribution in [0.5, 0.6) is 0 Å². The molecule has 0 N–H and O–H groups in total. The number of amides is 1. The van der Waals surface area contributed by atoms with Crippen LogP contribution in [0, 0.1) is 0 Å². The van der Waals surface area contributed by atoms with Gasteiger partial charge in [-0.05, 0) is 12.1 Å². The van der Waals surface area contributed by atoms with Gasteiger partial charge in [-0.3, -0.25) is 33.7 Å². The number of carbonyl (C=O) groups excluding carboxylic acids is 6. The lowest BCUT2D eigenvalue weighted by Gasteiger charge is -2.46. The van der Waals surface area contributed by atoms with Gasteiger partial charge in [0.25, 0.3) is 5.78 Å². The molecule has 12 nitrogen and oxygen atoms in total. The van der Waals surface area contributed by atoms with Gasteiger partial charge in [-0.25, -0.2) is 0 Å². The van der Waals surface area contributed by atoms with Crippen molar-refractivity contribution in [3.63, 3.8) is 0 Å². The Morgan fingerprint density at radius 1 is 0.824 bits per heavy atom. The lowest BCUT2D eigenvalue weighted by molar-refractivity contribution is -0.251. The van der Waals surface area contributed by atoms with Crippen LogP contribution < -0.4 is 4.90 Å². The van der Waals surface area contributed by atoms with E-state index >= 15 is 0 Å². The SMILES string of the molecule is CC(=O)OCC1OC(N2C(=O)C(=O)c3ccccc32)C(OC(C)=O)C(OC(C)=O)C1OC(C)=O. The lowest BCUT2D eigenvalue weighted by Crippen LogP contribution is -2.67. The third-order valence-corrected chi connectivity index (χ3v) is 5.04. The van der Waals surface area contributed by atoms with E-state index in [9.17, 15) is 28.8 Å². The van der Waals surface area contributed by atoms with E-state index < -0.39 is 72.8 Å². The number of esters is 4. The summed E-state index contributed by atoms with van der Waals surface area (Å²) >= 11 is 0. The fourth-order valence-electron chi connectivity index (χ4n) is 3.88. The second kappa shape index (κ2) is 10.00. The maximum Gasteiger partial charge on any atom is 0.303 e. The van der Waals surface area contributed by atoms with Gasteiger partial charge in [0.2, 0.25) is 0 Å². The van der Waals surface area contributed by atoms with Gasteiger partial charge in [-0.1, -0.05) is 12.1 Å². The zero-order valence-electron chi connectivity index (χ0n) is 18.8. The molecule has 3 rings (SSSR count). The molecule has 34 heavy (non-hydrogen) atoms. The standard InChI is InChI=1S/C22H23NO11/c1-10(24)30-9-16-18(31-11(2)25)19(32-12(3)26)20(33-13(4)27)22(34-16)23-15-8-6-5-7-14(15)17(28)21(23)29/h5-8,16,18-20,22H,9H2,1-4H3. The van der Waals surface area contributed by atoms with Crippen LogP contribution >= 0.6 is 0 Å². The van der Waals surface area contributed by atoms with E-state index in [0.717, 1.165) is 32.6 Å². The fraction of sp³-hybridized carbons (Fsp3) is 0.455. The first-order valence-corrected chi connectivity index (χ1v) is 10.3. The molecule has 1 aromatic carbocycles. The van der Waals surface area contributed by atoms with Gasteiger partial charge in [-0.2, -0.15) is 0 Å². The Hall–Kier alpha value is -3.80. The molecule has 2 heterocycles. The predicted molar refractivity (Wildman–Crippen MR) is 110 cm³/mol. The first kappa shape index (κ1) is 24.8. The zero-order valence-corrected chi connectivity index (χ0v) is 18.8. The average molecular weight is 477 g/mol. The Morgan fingerprint density at radius 2 is 1.38 bits per heavy atom. The molecule has 0 aromatic heterocycles. The van der Waals surface area contributed by atoms with Gasteiger partial charge in [0.1, 0.15) is 12.7 Å². The number of hydrogen-bond acceptors (Lipinski definition) is 11. The van der Waals surface area contributed by atoms with Gasteiger partial charge < -0.3 is 23.7 Å². The Labute approximate surface area is 194 Å². The summed E-state index contributed by atoms with van der Waals surface area (Å²) in [4.78, 5) is 73.6. The van der Waals surface area contributed by atoms with Crippen LogP contribution in [0.2, 0.25) is 0 Å². The summed E-state index contributed by atoms with van der Waals surface area (Å²) in [6, 6.07) is 6.09. The highest BCUT2D eigenvalue weighted by atomic mass is 16.7. The molecule has 182 valence electrons. The summed E-state index contributed by atoms with van der Waals surface area (Å²) in [5.74, 6) is -4.87. The minimum absolute atomic E-state index is 0.0976. The van der Waals surface area contributed by atoms with Crippen molar-refractivity contribution in [2.45, 2.75) is 58.3 Å². The van der Waals surface area contributed by atoms with Crippen molar-refractivity contribution < 1.29 is 52.5 Å². The van der Waals surface area contributed by atoms with E-state index in [0.29, 0.717) is 0 Å². The number of carbonyl (C=O) groups is 6. The molecule has 0 aliphatic carbocycles. The van der Waals surface area contributed by atoms with Gasteiger partial charge in [0.05, 0.1) is 11.3 Å². The number of fused-ring (bicyclic) bond motifs is 1. The first-order valence-electron chi connectivity index (χ1n) is 10.3. The number of nitrogens with zero attached hydrogens (tertiary/aromatic N) is 1. The molecule has 1 fully saturated rings. The Kier molecular flexibility index (Phi) is 7.30. The van der Waals surface area contributed by atoms with E-state index in [1.807, 2.05) is 0 Å². The van der Waals surface area contributed by atoms with Crippen molar-refractivity contribution in [2.75, 3.05) is 11.5 Å². The van der Waals surface area contributed by atoms with Crippen molar-refractivity contribution in [3.8, 4) is 0 Å². The van der Waals surface area contributed by atoms with Crippen molar-refractivity contribution in [1.82, 2.24) is 0 Å². The first-order chi connectivity index (χ1) is 16.0. The summed E-state index contributed by atoms with van der Waals surface area (Å²) in [7, 11) is 0. The van der Waals surface area contributed by atoms with Crippen LogP contribution in [0.3, 0.4) is 0 Å². The Morgan fingerprint density at radius 3 is 1.97 bits per heavy atom. The zero-order chi connectivity index (χ0) is 25.2. The molecule has 5 atom stereocenters. The molecule has 2 aliphatic rings. The molecule has 12 heteroatoms. The number of ketones is 1. The Balaban J connectivity index is 2.12. The second-order valence-electron chi connectivity index (χ2n) is 7.61. The smallest absolute Gasteiger partial charge is 0.303 e. The number of ether oxygens (including phenoxy) is 5. The highest BCUT2D eigenvalue weighted by Crippen LogP contribution is 2.37. The van der Waals surface area contributed by atoms with E-state index in [1.165, 1.54) is 12.1 Å². The molecule has 1 aromatic rings. The number of rotatable bonds is 6. The van der Waals surface area contributed by atoms with Crippen molar-refractivity contribution in [3.05, 3.63) is 29.8 Å². The third kappa shape index (κ3) is 5.06. The van der Waals surface area contributed by atoms with Crippen LogP contribution in [0.1, 0.15) is 38.1 Å². The molecular weight excluding hydrogens is 454 g/mol. The quantitative estimate of drug-likeness (QED) is 0.316. The molecule has 5 unspecified atom stereocenters. The largest absolute Gasteiger partial charge is 0.463 e. The van der Waals surface area contributed by atoms with Gasteiger partial charge in [-0.15, -0.1) is 0 Å². The number of benzene rings is 1. The monoisotopic (exact) mass is 477 g/mol. The number of para-hydroxylation sites is 1. The maximum atomic E-state index is 12.9. The van der Waals surface area contributed by atoms with Gasteiger partial charge in [0, 0.05) is 27.7 Å². The van der Waals surface area contributed by atoms with Crippen LogP contribution in [0.25, 0.3) is 0 Å². The highest BCUT2D eigenvalue weighted by Gasteiger charge is 2.56. The number of Topliss-reactive ketones (excluding diaryl/α,β-unsaturated/α-hetero) is 1. The fourth-order valence-corrected chi connectivity index (χ4v) is 3.88. The van der Waals surface area contributed by atoms with E-state index in [-0.39, 0.29) is 11.3 Å². The topological polar surface area (TPSA) is 152 Å². The van der Waals surface area contributed by atoms with Crippen LogP contribution in [-0.4, -0.2) is 72.8 Å². The van der Waals surface area contributed by atoms with Crippen molar-refractivity contribution >= 4 is 41.3 Å². The maximum absolute atomic E-state index is 12.9. The van der Waals surface area contributed by atoms with E-state index in [2.05, 4.69) is 0 Å². The summed E-state index contributed by atoms with van der Waals surface area (Å²) in [6.45, 7) is 3.95. The molecular formula is C22H23NO11. The summed E-state index contributed by atoms with van der Waals surface area (Å²) < 4.78 is 27.0. The number of anilines is 1. The molecule has 1 saturated heterocycles. The normalized spacial score (nSPS) is 25.9.